The van der Waals surface area contributed by atoms with Gasteiger partial charge in [0, 0.05) is 13.1 Å². The van der Waals surface area contributed by atoms with Crippen LogP contribution in [0.5, 0.6) is 0 Å². The lowest BCUT2D eigenvalue weighted by Gasteiger charge is -2.04. The number of nitrogens with zero attached hydrogens (tertiary/aromatic N) is 1. The van der Waals surface area contributed by atoms with Crippen molar-refractivity contribution in [1.82, 2.24) is 5.32 Å². The van der Waals surface area contributed by atoms with Crippen molar-refractivity contribution in [2.45, 2.75) is 38.5 Å². The molecular weight excluding hydrogens is 198 g/mol. The van der Waals surface area contributed by atoms with Crippen LogP contribution in [0.1, 0.15) is 38.5 Å². The third-order valence-electron chi connectivity index (χ3n) is 2.78. The summed E-state index contributed by atoms with van der Waals surface area (Å²) in [5.74, 6) is 0.522. The molecule has 3 heteroatoms. The second kappa shape index (κ2) is 7.97. The molecule has 0 heterocycles. The summed E-state index contributed by atoms with van der Waals surface area (Å²) in [6.45, 7) is 5.09. The maximum atomic E-state index is 5.68. The number of rotatable bonds is 5. The molecule has 0 atom stereocenters. The first-order valence-electron chi connectivity index (χ1n) is 6.15. The maximum Gasteiger partial charge on any atom is 0.188 e. The van der Waals surface area contributed by atoms with Crippen molar-refractivity contribution in [3.05, 3.63) is 24.3 Å². The highest BCUT2D eigenvalue weighted by Crippen LogP contribution is 2.19. The number of hydrogen-bond acceptors (Lipinski definition) is 1. The fourth-order valence-electron chi connectivity index (χ4n) is 1.86. The lowest BCUT2D eigenvalue weighted by molar-refractivity contribution is 0.702. The minimum atomic E-state index is 0.522. The van der Waals surface area contributed by atoms with E-state index in [1.807, 2.05) is 0 Å². The molecule has 3 nitrogen and oxygen atoms in total. The molecule has 90 valence electrons. The van der Waals surface area contributed by atoms with Crippen LogP contribution < -0.4 is 11.1 Å². The summed E-state index contributed by atoms with van der Waals surface area (Å²) >= 11 is 0. The fourth-order valence-corrected chi connectivity index (χ4v) is 1.86. The van der Waals surface area contributed by atoms with E-state index in [1.165, 1.54) is 32.1 Å². The van der Waals surface area contributed by atoms with Crippen LogP contribution in [0.2, 0.25) is 0 Å². The Morgan fingerprint density at radius 2 is 2.38 bits per heavy atom. The van der Waals surface area contributed by atoms with E-state index < -0.39 is 0 Å². The summed E-state index contributed by atoms with van der Waals surface area (Å²) in [7, 11) is 0. The topological polar surface area (TPSA) is 50.4 Å². The van der Waals surface area contributed by atoms with E-state index in [9.17, 15) is 0 Å². The molecule has 1 aliphatic carbocycles. The molecule has 0 aromatic carbocycles. The molecule has 3 N–H and O–H groups in total. The summed E-state index contributed by atoms with van der Waals surface area (Å²) < 4.78 is 0. The maximum absolute atomic E-state index is 5.68. The standard InChI is InChI=1S/C13H23N3/c1-2-10-15-13(14)16-11-9-12-7-5-3-4-6-8-12/h2,7H,1,3-6,8-11H2,(H3,14,15,16). The van der Waals surface area contributed by atoms with E-state index in [1.54, 1.807) is 11.6 Å². The van der Waals surface area contributed by atoms with Crippen molar-refractivity contribution in [3.63, 3.8) is 0 Å². The zero-order chi connectivity index (χ0) is 11.6. The molecule has 0 radical (unpaired) electrons. The molecular formula is C13H23N3. The van der Waals surface area contributed by atoms with E-state index >= 15 is 0 Å². The van der Waals surface area contributed by atoms with Gasteiger partial charge in [0.15, 0.2) is 5.96 Å². The normalized spacial score (nSPS) is 17.5. The van der Waals surface area contributed by atoms with Gasteiger partial charge >= 0.3 is 0 Å². The predicted octanol–water partition coefficient (Wildman–Crippen LogP) is 2.36. The quantitative estimate of drug-likeness (QED) is 0.425. The predicted molar refractivity (Wildman–Crippen MR) is 70.5 cm³/mol. The van der Waals surface area contributed by atoms with Gasteiger partial charge in [-0.2, -0.15) is 0 Å². The van der Waals surface area contributed by atoms with Crippen LogP contribution in [0.3, 0.4) is 0 Å². The molecule has 0 saturated heterocycles. The largest absolute Gasteiger partial charge is 0.370 e. The molecule has 0 saturated carbocycles. The highest BCUT2D eigenvalue weighted by molar-refractivity contribution is 5.77. The molecule has 0 fully saturated rings. The summed E-state index contributed by atoms with van der Waals surface area (Å²) in [6.07, 6.45) is 11.7. The van der Waals surface area contributed by atoms with Crippen molar-refractivity contribution in [3.8, 4) is 0 Å². The van der Waals surface area contributed by atoms with Crippen molar-refractivity contribution in [2.24, 2.45) is 10.7 Å². The zero-order valence-corrected chi connectivity index (χ0v) is 10.0. The number of allylic oxidation sites excluding steroid dienone is 1. The van der Waals surface area contributed by atoms with Crippen LogP contribution in [-0.2, 0) is 0 Å². The Labute approximate surface area is 98.5 Å². The molecule has 1 aliphatic rings. The number of nitrogens with one attached hydrogen (secondary N) is 1. The lowest BCUT2D eigenvalue weighted by atomic mass is 10.1. The summed E-state index contributed by atoms with van der Waals surface area (Å²) in [5, 5.41) is 2.97. The average Bonchev–Trinajstić information content (AvgIpc) is 2.55. The van der Waals surface area contributed by atoms with Crippen LogP contribution in [0.25, 0.3) is 0 Å². The summed E-state index contributed by atoms with van der Waals surface area (Å²) in [4.78, 5) is 4.28. The molecule has 0 amide bonds. The van der Waals surface area contributed by atoms with Gasteiger partial charge in [0.1, 0.15) is 0 Å². The van der Waals surface area contributed by atoms with E-state index in [-0.39, 0.29) is 0 Å². The first kappa shape index (κ1) is 12.8. The summed E-state index contributed by atoms with van der Waals surface area (Å²) in [5.41, 5.74) is 7.23. The zero-order valence-electron chi connectivity index (χ0n) is 10.0. The van der Waals surface area contributed by atoms with E-state index in [0.29, 0.717) is 12.5 Å². The van der Waals surface area contributed by atoms with Crippen LogP contribution >= 0.6 is 0 Å². The highest BCUT2D eigenvalue weighted by atomic mass is 15.1. The minimum Gasteiger partial charge on any atom is -0.370 e. The molecule has 0 aliphatic heterocycles. The van der Waals surface area contributed by atoms with Gasteiger partial charge in [0.2, 0.25) is 0 Å². The van der Waals surface area contributed by atoms with E-state index in [0.717, 1.165) is 13.0 Å². The van der Waals surface area contributed by atoms with Crippen molar-refractivity contribution in [1.29, 1.82) is 0 Å². The third-order valence-corrected chi connectivity index (χ3v) is 2.78. The number of aliphatic imine (C=N–C) groups is 1. The van der Waals surface area contributed by atoms with Gasteiger partial charge in [-0.25, -0.2) is 0 Å². The van der Waals surface area contributed by atoms with Crippen LogP contribution in [0, 0.1) is 0 Å². The smallest absolute Gasteiger partial charge is 0.188 e. The Morgan fingerprint density at radius 3 is 3.19 bits per heavy atom. The second-order valence-corrected chi connectivity index (χ2v) is 4.15. The Morgan fingerprint density at radius 1 is 1.50 bits per heavy atom. The first-order chi connectivity index (χ1) is 7.83. The van der Waals surface area contributed by atoms with Gasteiger partial charge in [0.05, 0.1) is 0 Å². The monoisotopic (exact) mass is 221 g/mol. The van der Waals surface area contributed by atoms with Gasteiger partial charge < -0.3 is 11.1 Å². The summed E-state index contributed by atoms with van der Waals surface area (Å²) in [6, 6.07) is 0. The molecule has 0 aromatic rings. The van der Waals surface area contributed by atoms with Gasteiger partial charge in [-0.15, -0.1) is 6.58 Å². The molecule has 16 heavy (non-hydrogen) atoms. The molecule has 0 unspecified atom stereocenters. The second-order valence-electron chi connectivity index (χ2n) is 4.15. The lowest BCUT2D eigenvalue weighted by Crippen LogP contribution is -2.31. The molecule has 0 spiro atoms. The molecule has 0 aromatic heterocycles. The van der Waals surface area contributed by atoms with Gasteiger partial charge in [-0.3, -0.25) is 4.99 Å². The van der Waals surface area contributed by atoms with Crippen LogP contribution in [0.15, 0.2) is 29.3 Å². The highest BCUT2D eigenvalue weighted by Gasteiger charge is 2.01. The average molecular weight is 221 g/mol. The SMILES string of the molecule is C=CCNC(N)=NCCC1=CCCCCC1. The Kier molecular flexibility index (Phi) is 6.38. The Hall–Kier alpha value is -1.25. The third kappa shape index (κ3) is 5.59. The van der Waals surface area contributed by atoms with Gasteiger partial charge in [-0.05, 0) is 32.1 Å². The van der Waals surface area contributed by atoms with E-state index in [2.05, 4.69) is 23.0 Å². The van der Waals surface area contributed by atoms with Crippen molar-refractivity contribution >= 4 is 5.96 Å². The molecule has 0 bridgehead atoms. The Balaban J connectivity index is 2.22. The van der Waals surface area contributed by atoms with Crippen LogP contribution in [0.4, 0.5) is 0 Å². The van der Waals surface area contributed by atoms with Crippen molar-refractivity contribution < 1.29 is 0 Å². The first-order valence-corrected chi connectivity index (χ1v) is 6.15. The van der Waals surface area contributed by atoms with Gasteiger partial charge in [-0.1, -0.05) is 24.1 Å². The minimum absolute atomic E-state index is 0.522. The molecule has 1 rings (SSSR count). The Bertz CT molecular complexity index is 266. The number of hydrogen-bond donors (Lipinski definition) is 2. The van der Waals surface area contributed by atoms with E-state index in [4.69, 9.17) is 5.73 Å². The number of guanidine groups is 1. The van der Waals surface area contributed by atoms with Crippen molar-refractivity contribution in [2.75, 3.05) is 13.1 Å². The van der Waals surface area contributed by atoms with Gasteiger partial charge in [0.25, 0.3) is 0 Å². The number of nitrogens with two attached hydrogens (primary N) is 1. The van der Waals surface area contributed by atoms with Crippen LogP contribution in [-0.4, -0.2) is 19.0 Å². The fraction of sp³-hybridized carbons (Fsp3) is 0.615.